The number of hydrogen-bond donors (Lipinski definition) is 2. The van der Waals surface area contributed by atoms with Crippen molar-refractivity contribution in [1.82, 2.24) is 25.0 Å². The monoisotopic (exact) mass is 477 g/mol. The van der Waals surface area contributed by atoms with Gasteiger partial charge in [-0.25, -0.2) is 9.67 Å². The summed E-state index contributed by atoms with van der Waals surface area (Å²) in [7, 11) is 2.16. The normalized spacial score (nSPS) is 17.6. The Morgan fingerprint density at radius 2 is 1.83 bits per heavy atom. The molecular formula is C26H35N7O2. The number of nitrogens with one attached hydrogen (secondary N) is 2. The highest BCUT2D eigenvalue weighted by Gasteiger charge is 2.22. The van der Waals surface area contributed by atoms with Crippen molar-refractivity contribution in [1.29, 1.82) is 0 Å². The fourth-order valence-corrected chi connectivity index (χ4v) is 4.80. The predicted molar refractivity (Wildman–Crippen MR) is 138 cm³/mol. The summed E-state index contributed by atoms with van der Waals surface area (Å²) >= 11 is 0. The number of rotatable bonds is 7. The number of hydrogen-bond acceptors (Lipinski definition) is 7. The Balaban J connectivity index is 1.30. The first-order chi connectivity index (χ1) is 17.1. The molecule has 0 radical (unpaired) electrons. The molecule has 2 aromatic heterocycles. The summed E-state index contributed by atoms with van der Waals surface area (Å²) in [5.74, 6) is -0.138. The molecule has 4 heterocycles. The van der Waals surface area contributed by atoms with Crippen LogP contribution in [0, 0.1) is 0 Å². The Morgan fingerprint density at radius 1 is 1.09 bits per heavy atom. The molecule has 0 aliphatic carbocycles. The fourth-order valence-electron chi connectivity index (χ4n) is 4.80. The number of piperazine rings is 1. The number of anilines is 2. The van der Waals surface area contributed by atoms with Crippen LogP contribution in [0.3, 0.4) is 0 Å². The quantitative estimate of drug-likeness (QED) is 0.541. The first-order valence-corrected chi connectivity index (χ1v) is 12.6. The lowest BCUT2D eigenvalue weighted by atomic mass is 10.1. The topological polar surface area (TPSA) is 87.5 Å². The highest BCUT2D eigenvalue weighted by Crippen LogP contribution is 2.28. The molecule has 2 saturated heterocycles. The van der Waals surface area contributed by atoms with E-state index in [1.807, 2.05) is 11.6 Å². The van der Waals surface area contributed by atoms with Gasteiger partial charge in [0.1, 0.15) is 0 Å². The van der Waals surface area contributed by atoms with Crippen LogP contribution in [0.5, 0.6) is 0 Å². The van der Waals surface area contributed by atoms with Gasteiger partial charge in [-0.05, 0) is 44.5 Å². The van der Waals surface area contributed by atoms with Crippen LogP contribution in [0.2, 0.25) is 0 Å². The maximum Gasteiger partial charge on any atom is 0.255 e. The zero-order valence-electron chi connectivity index (χ0n) is 20.7. The van der Waals surface area contributed by atoms with Crippen LogP contribution in [0.1, 0.15) is 35.7 Å². The third-order valence-electron chi connectivity index (χ3n) is 7.04. The largest absolute Gasteiger partial charge is 0.381 e. The second-order valence-corrected chi connectivity index (χ2v) is 9.41. The number of pyridine rings is 1. The lowest BCUT2D eigenvalue weighted by Gasteiger charge is -2.34. The minimum atomic E-state index is -0.138. The summed E-state index contributed by atoms with van der Waals surface area (Å²) in [5.41, 5.74) is 4.46. The molecule has 9 nitrogen and oxygen atoms in total. The van der Waals surface area contributed by atoms with E-state index in [2.05, 4.69) is 61.8 Å². The number of aromatic nitrogens is 3. The number of amides is 1. The van der Waals surface area contributed by atoms with Gasteiger partial charge in [0.2, 0.25) is 0 Å². The van der Waals surface area contributed by atoms with Crippen LogP contribution in [0.15, 0.2) is 36.7 Å². The second-order valence-electron chi connectivity index (χ2n) is 9.41. The lowest BCUT2D eigenvalue weighted by Crippen LogP contribution is -2.44. The van der Waals surface area contributed by atoms with Crippen molar-refractivity contribution < 1.29 is 9.53 Å². The molecule has 1 amide bonds. The van der Waals surface area contributed by atoms with Crippen LogP contribution in [0.4, 0.5) is 11.4 Å². The Hall–Kier alpha value is -3.17. The van der Waals surface area contributed by atoms with Gasteiger partial charge in [-0.1, -0.05) is 12.1 Å². The van der Waals surface area contributed by atoms with Crippen LogP contribution in [-0.2, 0) is 17.8 Å². The SMILES string of the molecule is CCn1ncc2c(NC3CCOCC3)c(C(=O)NCc3ccc(N4CCN(C)CC4)cc3)cnc21. The summed E-state index contributed by atoms with van der Waals surface area (Å²) in [4.78, 5) is 22.6. The van der Waals surface area contributed by atoms with E-state index < -0.39 is 0 Å². The highest BCUT2D eigenvalue weighted by molar-refractivity contribution is 6.06. The molecule has 0 bridgehead atoms. The summed E-state index contributed by atoms with van der Waals surface area (Å²) < 4.78 is 7.37. The molecule has 35 heavy (non-hydrogen) atoms. The van der Waals surface area contributed by atoms with Crippen molar-refractivity contribution in [2.75, 3.05) is 56.7 Å². The Labute approximate surface area is 206 Å². The lowest BCUT2D eigenvalue weighted by molar-refractivity contribution is 0.0904. The molecule has 0 atom stereocenters. The van der Waals surface area contributed by atoms with Crippen molar-refractivity contribution in [3.63, 3.8) is 0 Å². The molecule has 0 unspecified atom stereocenters. The van der Waals surface area contributed by atoms with E-state index in [0.717, 1.165) is 81.1 Å². The van der Waals surface area contributed by atoms with Gasteiger partial charge in [0.05, 0.1) is 22.8 Å². The Morgan fingerprint density at radius 3 is 2.54 bits per heavy atom. The van der Waals surface area contributed by atoms with Gasteiger partial charge >= 0.3 is 0 Å². The van der Waals surface area contributed by atoms with E-state index in [4.69, 9.17) is 4.74 Å². The molecule has 1 aromatic carbocycles. The van der Waals surface area contributed by atoms with Crippen LogP contribution in [-0.4, -0.2) is 78.1 Å². The third-order valence-corrected chi connectivity index (χ3v) is 7.04. The number of carbonyl (C=O) groups excluding carboxylic acids is 1. The first-order valence-electron chi connectivity index (χ1n) is 12.6. The molecule has 2 aliphatic rings. The Bertz CT molecular complexity index is 1150. The molecule has 2 N–H and O–H groups in total. The van der Waals surface area contributed by atoms with Gasteiger partial charge in [-0.15, -0.1) is 0 Å². The van der Waals surface area contributed by atoms with Gasteiger partial charge in [0.25, 0.3) is 5.91 Å². The van der Waals surface area contributed by atoms with Crippen molar-refractivity contribution in [2.24, 2.45) is 0 Å². The summed E-state index contributed by atoms with van der Waals surface area (Å²) in [6.07, 6.45) is 5.30. The smallest absolute Gasteiger partial charge is 0.255 e. The minimum absolute atomic E-state index is 0.138. The van der Waals surface area contributed by atoms with Crippen molar-refractivity contribution in [2.45, 2.75) is 38.9 Å². The highest BCUT2D eigenvalue weighted by atomic mass is 16.5. The Kier molecular flexibility index (Phi) is 7.15. The molecule has 186 valence electrons. The minimum Gasteiger partial charge on any atom is -0.381 e. The number of ether oxygens (including phenoxy) is 1. The van der Waals surface area contributed by atoms with Crippen molar-refractivity contribution in [3.05, 3.63) is 47.8 Å². The van der Waals surface area contributed by atoms with Gasteiger partial charge in [-0.2, -0.15) is 5.10 Å². The van der Waals surface area contributed by atoms with Gasteiger partial charge in [0, 0.05) is 70.4 Å². The van der Waals surface area contributed by atoms with E-state index >= 15 is 0 Å². The molecule has 3 aromatic rings. The molecule has 0 saturated carbocycles. The number of nitrogens with zero attached hydrogens (tertiary/aromatic N) is 5. The van der Waals surface area contributed by atoms with E-state index in [0.29, 0.717) is 12.1 Å². The number of carbonyl (C=O) groups is 1. The number of aryl methyl sites for hydroxylation is 1. The van der Waals surface area contributed by atoms with E-state index in [1.54, 1.807) is 12.4 Å². The van der Waals surface area contributed by atoms with E-state index in [1.165, 1.54) is 5.69 Å². The zero-order chi connectivity index (χ0) is 24.2. The molecule has 9 heteroatoms. The van der Waals surface area contributed by atoms with Gasteiger partial charge in [0.15, 0.2) is 5.65 Å². The van der Waals surface area contributed by atoms with Gasteiger partial charge < -0.3 is 25.2 Å². The average Bonchev–Trinajstić information content (AvgIpc) is 3.33. The van der Waals surface area contributed by atoms with Crippen LogP contribution >= 0.6 is 0 Å². The maximum atomic E-state index is 13.3. The van der Waals surface area contributed by atoms with Crippen LogP contribution in [0.25, 0.3) is 11.0 Å². The van der Waals surface area contributed by atoms with Crippen molar-refractivity contribution >= 4 is 28.3 Å². The summed E-state index contributed by atoms with van der Waals surface area (Å²) in [6, 6.07) is 8.76. The van der Waals surface area contributed by atoms with E-state index in [9.17, 15) is 4.79 Å². The third kappa shape index (κ3) is 5.26. The predicted octanol–water partition coefficient (Wildman–Crippen LogP) is 2.72. The van der Waals surface area contributed by atoms with Gasteiger partial charge in [-0.3, -0.25) is 4.79 Å². The zero-order valence-corrected chi connectivity index (χ0v) is 20.7. The number of benzene rings is 1. The standard InChI is InChI=1S/C26H35N7O2/c1-3-33-25-22(18-29-33)24(30-20-8-14-35-15-9-20)23(17-27-25)26(34)28-16-19-4-6-21(7-5-19)32-12-10-31(2)11-13-32/h4-7,17-18,20H,3,8-16H2,1-2H3,(H,27,30)(H,28,34). The molecule has 2 aliphatic heterocycles. The van der Waals surface area contributed by atoms with E-state index in [-0.39, 0.29) is 11.9 Å². The second kappa shape index (κ2) is 10.6. The number of fused-ring (bicyclic) bond motifs is 1. The molecular weight excluding hydrogens is 442 g/mol. The molecule has 5 rings (SSSR count). The number of likely N-dealkylation sites (N-methyl/N-ethyl adjacent to an activating group) is 1. The average molecular weight is 478 g/mol. The summed E-state index contributed by atoms with van der Waals surface area (Å²) in [6.45, 7) is 8.93. The van der Waals surface area contributed by atoms with Crippen LogP contribution < -0.4 is 15.5 Å². The molecule has 2 fully saturated rings. The van der Waals surface area contributed by atoms with Crippen molar-refractivity contribution in [3.8, 4) is 0 Å². The first kappa shape index (κ1) is 23.6. The fraction of sp³-hybridized carbons (Fsp3) is 0.500. The maximum absolute atomic E-state index is 13.3. The summed E-state index contributed by atoms with van der Waals surface area (Å²) in [5, 5.41) is 12.0. The molecule has 0 spiro atoms.